The van der Waals surface area contributed by atoms with Crippen LogP contribution in [0.3, 0.4) is 0 Å². The summed E-state index contributed by atoms with van der Waals surface area (Å²) in [7, 11) is 1.56. The molecule has 0 radical (unpaired) electrons. The summed E-state index contributed by atoms with van der Waals surface area (Å²) < 4.78 is 9.82. The van der Waals surface area contributed by atoms with Crippen LogP contribution >= 0.6 is 11.3 Å². The highest BCUT2D eigenvalue weighted by molar-refractivity contribution is 7.11. The summed E-state index contributed by atoms with van der Waals surface area (Å²) in [6.07, 6.45) is 0. The molecule has 0 spiro atoms. The van der Waals surface area contributed by atoms with E-state index in [1.807, 2.05) is 0 Å². The Kier molecular flexibility index (Phi) is 1.79. The third kappa shape index (κ3) is 1.10. The number of nitrogens with zero attached hydrogens (tertiary/aromatic N) is 1. The standard InChI is InChI=1S/C7H9NO3S/c1-10-6-8-5(2-12-6)7(9)3-11-4-7/h2,9H,3-4H2,1H3. The van der Waals surface area contributed by atoms with Crippen molar-refractivity contribution in [3.05, 3.63) is 11.1 Å². The van der Waals surface area contributed by atoms with E-state index in [1.54, 1.807) is 12.5 Å². The van der Waals surface area contributed by atoms with Gasteiger partial charge >= 0.3 is 0 Å². The number of methoxy groups -OCH3 is 1. The van der Waals surface area contributed by atoms with Crippen LogP contribution < -0.4 is 4.74 Å². The van der Waals surface area contributed by atoms with Crippen molar-refractivity contribution >= 4 is 11.3 Å². The van der Waals surface area contributed by atoms with Crippen LogP contribution in [0.15, 0.2) is 5.38 Å². The molecule has 1 N–H and O–H groups in total. The van der Waals surface area contributed by atoms with E-state index in [4.69, 9.17) is 9.47 Å². The highest BCUT2D eigenvalue weighted by Crippen LogP contribution is 2.31. The quantitative estimate of drug-likeness (QED) is 0.726. The highest BCUT2D eigenvalue weighted by atomic mass is 32.1. The Morgan fingerprint density at radius 1 is 1.75 bits per heavy atom. The van der Waals surface area contributed by atoms with Gasteiger partial charge < -0.3 is 14.6 Å². The Morgan fingerprint density at radius 3 is 2.92 bits per heavy atom. The van der Waals surface area contributed by atoms with Crippen LogP contribution in [0.4, 0.5) is 0 Å². The molecule has 12 heavy (non-hydrogen) atoms. The number of aromatic nitrogens is 1. The lowest BCUT2D eigenvalue weighted by Gasteiger charge is -2.34. The molecule has 5 heteroatoms. The second-order valence-corrected chi connectivity index (χ2v) is 3.55. The van der Waals surface area contributed by atoms with Gasteiger partial charge in [-0.3, -0.25) is 0 Å². The van der Waals surface area contributed by atoms with E-state index >= 15 is 0 Å². The van der Waals surface area contributed by atoms with Crippen LogP contribution in [0.1, 0.15) is 5.69 Å². The topological polar surface area (TPSA) is 51.6 Å². The van der Waals surface area contributed by atoms with Crippen molar-refractivity contribution in [2.24, 2.45) is 0 Å². The number of aliphatic hydroxyl groups is 1. The second kappa shape index (κ2) is 2.69. The van der Waals surface area contributed by atoms with Gasteiger partial charge in [0.1, 0.15) is 0 Å². The molecule has 4 nitrogen and oxygen atoms in total. The number of ether oxygens (including phenoxy) is 2. The molecular formula is C7H9NO3S. The minimum Gasteiger partial charge on any atom is -0.473 e. The molecule has 1 aromatic rings. The fourth-order valence-corrected chi connectivity index (χ4v) is 1.74. The maximum atomic E-state index is 9.75. The van der Waals surface area contributed by atoms with Gasteiger partial charge in [0.25, 0.3) is 5.19 Å². The first-order chi connectivity index (χ1) is 5.74. The molecule has 0 unspecified atom stereocenters. The molecule has 0 aliphatic carbocycles. The van der Waals surface area contributed by atoms with Crippen molar-refractivity contribution in [2.45, 2.75) is 5.60 Å². The predicted molar refractivity (Wildman–Crippen MR) is 43.4 cm³/mol. The minimum absolute atomic E-state index is 0.333. The lowest BCUT2D eigenvalue weighted by atomic mass is 9.99. The lowest BCUT2D eigenvalue weighted by Crippen LogP contribution is -2.46. The van der Waals surface area contributed by atoms with Crippen LogP contribution in [0.2, 0.25) is 0 Å². The molecule has 1 aromatic heterocycles. The number of hydrogen-bond acceptors (Lipinski definition) is 5. The molecule has 0 atom stereocenters. The molecule has 0 aromatic carbocycles. The van der Waals surface area contributed by atoms with E-state index in [0.29, 0.717) is 24.1 Å². The van der Waals surface area contributed by atoms with Crippen molar-refractivity contribution in [1.29, 1.82) is 0 Å². The number of thiazole rings is 1. The molecule has 2 heterocycles. The normalized spacial score (nSPS) is 20.2. The van der Waals surface area contributed by atoms with Crippen molar-refractivity contribution in [2.75, 3.05) is 20.3 Å². The summed E-state index contributed by atoms with van der Waals surface area (Å²) in [4.78, 5) is 4.09. The van der Waals surface area contributed by atoms with Crippen molar-refractivity contribution in [3.63, 3.8) is 0 Å². The van der Waals surface area contributed by atoms with Gasteiger partial charge in [0.2, 0.25) is 0 Å². The Hall–Kier alpha value is -0.650. The van der Waals surface area contributed by atoms with Gasteiger partial charge in [-0.1, -0.05) is 11.3 Å². The summed E-state index contributed by atoms with van der Waals surface area (Å²) in [5.41, 5.74) is -0.219. The molecule has 0 bridgehead atoms. The molecule has 2 rings (SSSR count). The van der Waals surface area contributed by atoms with Crippen LogP contribution in [-0.2, 0) is 10.3 Å². The van der Waals surface area contributed by atoms with E-state index in [0.717, 1.165) is 0 Å². The fraction of sp³-hybridized carbons (Fsp3) is 0.571. The van der Waals surface area contributed by atoms with Gasteiger partial charge in [-0.2, -0.15) is 0 Å². The first-order valence-electron chi connectivity index (χ1n) is 3.55. The molecule has 1 saturated heterocycles. The van der Waals surface area contributed by atoms with Gasteiger partial charge in [0, 0.05) is 5.38 Å². The first-order valence-corrected chi connectivity index (χ1v) is 4.43. The number of hydrogen-bond donors (Lipinski definition) is 1. The van der Waals surface area contributed by atoms with Gasteiger partial charge in [0.15, 0.2) is 5.60 Å². The molecule has 0 amide bonds. The van der Waals surface area contributed by atoms with Crippen molar-refractivity contribution in [1.82, 2.24) is 4.98 Å². The average Bonchev–Trinajstić information content (AvgIpc) is 2.48. The summed E-state index contributed by atoms with van der Waals surface area (Å²) in [6, 6.07) is 0. The molecule has 1 aliphatic heterocycles. The van der Waals surface area contributed by atoms with Crippen LogP contribution in [-0.4, -0.2) is 30.4 Å². The van der Waals surface area contributed by atoms with Crippen LogP contribution in [0.5, 0.6) is 5.19 Å². The highest BCUT2D eigenvalue weighted by Gasteiger charge is 2.40. The number of rotatable bonds is 2. The van der Waals surface area contributed by atoms with Crippen molar-refractivity contribution in [3.8, 4) is 5.19 Å². The molecule has 1 fully saturated rings. The van der Waals surface area contributed by atoms with Gasteiger partial charge in [0.05, 0.1) is 26.0 Å². The van der Waals surface area contributed by atoms with E-state index < -0.39 is 5.60 Å². The molecular weight excluding hydrogens is 178 g/mol. The fourth-order valence-electron chi connectivity index (χ4n) is 1.01. The predicted octanol–water partition coefficient (Wildman–Crippen LogP) is 0.369. The van der Waals surface area contributed by atoms with Gasteiger partial charge in [-0.05, 0) is 0 Å². The van der Waals surface area contributed by atoms with E-state index in [1.165, 1.54) is 11.3 Å². The largest absolute Gasteiger partial charge is 0.473 e. The Bertz CT molecular complexity index is 282. The van der Waals surface area contributed by atoms with Crippen molar-refractivity contribution < 1.29 is 14.6 Å². The average molecular weight is 187 g/mol. The monoisotopic (exact) mass is 187 g/mol. The van der Waals surface area contributed by atoms with E-state index in [-0.39, 0.29) is 0 Å². The summed E-state index contributed by atoms with van der Waals surface area (Å²) in [5, 5.41) is 12.1. The Morgan fingerprint density at radius 2 is 2.50 bits per heavy atom. The van der Waals surface area contributed by atoms with E-state index in [2.05, 4.69) is 4.98 Å². The molecule has 0 saturated carbocycles. The summed E-state index contributed by atoms with van der Waals surface area (Å²) >= 11 is 1.38. The second-order valence-electron chi connectivity index (χ2n) is 2.73. The SMILES string of the molecule is COc1nc(C2(O)COC2)cs1. The van der Waals surface area contributed by atoms with Gasteiger partial charge in [-0.15, -0.1) is 0 Å². The zero-order valence-corrected chi connectivity index (χ0v) is 7.43. The third-order valence-corrected chi connectivity index (χ3v) is 2.62. The smallest absolute Gasteiger partial charge is 0.273 e. The minimum atomic E-state index is -0.868. The van der Waals surface area contributed by atoms with Crippen LogP contribution in [0.25, 0.3) is 0 Å². The van der Waals surface area contributed by atoms with E-state index in [9.17, 15) is 5.11 Å². The lowest BCUT2D eigenvalue weighted by molar-refractivity contribution is -0.186. The first kappa shape index (κ1) is 7.97. The van der Waals surface area contributed by atoms with Gasteiger partial charge in [-0.25, -0.2) is 4.98 Å². The molecule has 66 valence electrons. The Balaban J connectivity index is 2.22. The summed E-state index contributed by atoms with van der Waals surface area (Å²) in [5.74, 6) is 0. The zero-order valence-electron chi connectivity index (χ0n) is 6.61. The molecule has 1 aliphatic rings. The zero-order chi connectivity index (χ0) is 8.60. The summed E-state index contributed by atoms with van der Waals surface area (Å²) in [6.45, 7) is 0.666. The third-order valence-electron chi connectivity index (χ3n) is 1.82. The maximum absolute atomic E-state index is 9.75. The maximum Gasteiger partial charge on any atom is 0.273 e. The van der Waals surface area contributed by atoms with Crippen LogP contribution in [0, 0.1) is 0 Å². The Labute approximate surface area is 73.8 Å².